The van der Waals surface area contributed by atoms with Crippen LogP contribution in [0.15, 0.2) is 33.9 Å². The molecule has 0 spiro atoms. The maximum Gasteiger partial charge on any atom is 0.417 e. The van der Waals surface area contributed by atoms with E-state index in [1.807, 2.05) is 13.8 Å². The fraction of sp³-hybridized carbons (Fsp3) is 0.450. The van der Waals surface area contributed by atoms with Gasteiger partial charge in [0.25, 0.3) is 11.5 Å². The van der Waals surface area contributed by atoms with Gasteiger partial charge in [-0.3, -0.25) is 19.1 Å². The van der Waals surface area contributed by atoms with E-state index < -0.39 is 34.5 Å². The molecule has 0 aliphatic carbocycles. The van der Waals surface area contributed by atoms with Gasteiger partial charge in [-0.1, -0.05) is 26.0 Å². The molecule has 0 radical (unpaired) electrons. The van der Waals surface area contributed by atoms with Crippen LogP contribution in [0.1, 0.15) is 36.2 Å². The number of H-pyrrole nitrogens is 1. The average molecular weight is 442 g/mol. The van der Waals surface area contributed by atoms with Crippen molar-refractivity contribution in [3.63, 3.8) is 0 Å². The highest BCUT2D eigenvalue weighted by Crippen LogP contribution is 2.33. The number of nitrogen functional groups attached to an aromatic ring is 1. The Morgan fingerprint density at radius 2 is 1.90 bits per heavy atom. The number of benzene rings is 1. The van der Waals surface area contributed by atoms with Crippen LogP contribution >= 0.6 is 0 Å². The van der Waals surface area contributed by atoms with E-state index in [1.54, 1.807) is 0 Å². The van der Waals surface area contributed by atoms with Crippen LogP contribution in [0.4, 0.5) is 24.7 Å². The third-order valence-corrected chi connectivity index (χ3v) is 4.47. The van der Waals surface area contributed by atoms with Gasteiger partial charge in [0, 0.05) is 26.8 Å². The molecule has 0 saturated heterocycles. The standard InChI is InChI=1S/C20H25F3N4O4/c1-12(2)11-27-16(24)15(17(28)25-19(27)30)26(9-6-10-31-3)18(29)13-7-4-5-8-14(13)20(21,22)23/h4-5,7-8,12H,6,9-11,24H2,1-3H3,(H,25,28,30). The number of amides is 1. The van der Waals surface area contributed by atoms with Gasteiger partial charge in [-0.15, -0.1) is 0 Å². The molecule has 1 amide bonds. The molecule has 170 valence electrons. The lowest BCUT2D eigenvalue weighted by molar-refractivity contribution is -0.137. The van der Waals surface area contributed by atoms with Gasteiger partial charge in [0.05, 0.1) is 11.1 Å². The zero-order valence-electron chi connectivity index (χ0n) is 17.5. The maximum atomic E-state index is 13.5. The first kappa shape index (κ1) is 24.2. The molecule has 0 aliphatic heterocycles. The summed E-state index contributed by atoms with van der Waals surface area (Å²) in [6.07, 6.45) is -4.56. The topological polar surface area (TPSA) is 110 Å². The van der Waals surface area contributed by atoms with Crippen LogP contribution in [0.25, 0.3) is 0 Å². The van der Waals surface area contributed by atoms with E-state index in [-0.39, 0.29) is 43.5 Å². The normalized spacial score (nSPS) is 11.7. The summed E-state index contributed by atoms with van der Waals surface area (Å²) < 4.78 is 46.5. The first-order valence-electron chi connectivity index (χ1n) is 9.58. The molecular weight excluding hydrogens is 417 g/mol. The van der Waals surface area contributed by atoms with Crippen LogP contribution in [0, 0.1) is 5.92 Å². The van der Waals surface area contributed by atoms with E-state index in [1.165, 1.54) is 19.2 Å². The number of nitrogens with one attached hydrogen (secondary N) is 1. The molecule has 0 fully saturated rings. The molecule has 3 N–H and O–H groups in total. The SMILES string of the molecule is COCCCN(C(=O)c1ccccc1C(F)(F)F)c1c(N)n(CC(C)C)c(=O)[nH]c1=O. The molecule has 1 heterocycles. The summed E-state index contributed by atoms with van der Waals surface area (Å²) in [5, 5.41) is 0. The largest absolute Gasteiger partial charge is 0.417 e. The molecule has 1 aromatic heterocycles. The Kier molecular flexibility index (Phi) is 7.66. The third kappa shape index (κ3) is 5.54. The van der Waals surface area contributed by atoms with Crippen molar-refractivity contribution in [1.29, 1.82) is 0 Å². The monoisotopic (exact) mass is 442 g/mol. The van der Waals surface area contributed by atoms with Crippen LogP contribution in [0.3, 0.4) is 0 Å². The minimum atomic E-state index is -4.78. The van der Waals surface area contributed by atoms with Crippen molar-refractivity contribution in [3.05, 3.63) is 56.2 Å². The van der Waals surface area contributed by atoms with Gasteiger partial charge < -0.3 is 15.4 Å². The number of aromatic amines is 1. The molecule has 8 nitrogen and oxygen atoms in total. The Morgan fingerprint density at radius 1 is 1.26 bits per heavy atom. The molecular formula is C20H25F3N4O4. The number of halogens is 3. The lowest BCUT2D eigenvalue weighted by atomic mass is 10.1. The Bertz CT molecular complexity index is 1040. The van der Waals surface area contributed by atoms with Gasteiger partial charge in [0.2, 0.25) is 0 Å². The van der Waals surface area contributed by atoms with Gasteiger partial charge >= 0.3 is 11.9 Å². The van der Waals surface area contributed by atoms with E-state index in [9.17, 15) is 27.6 Å². The number of ether oxygens (including phenoxy) is 1. The molecule has 0 atom stereocenters. The number of carbonyl (C=O) groups is 1. The minimum Gasteiger partial charge on any atom is -0.385 e. The predicted molar refractivity (Wildman–Crippen MR) is 110 cm³/mol. The number of aromatic nitrogens is 2. The molecule has 1 aromatic carbocycles. The first-order chi connectivity index (χ1) is 14.5. The van der Waals surface area contributed by atoms with Crippen LogP contribution in [-0.2, 0) is 17.5 Å². The zero-order valence-corrected chi connectivity index (χ0v) is 17.5. The summed E-state index contributed by atoms with van der Waals surface area (Å²) in [5.41, 5.74) is 2.20. The highest BCUT2D eigenvalue weighted by Gasteiger charge is 2.37. The lowest BCUT2D eigenvalue weighted by Crippen LogP contribution is -2.42. The molecule has 31 heavy (non-hydrogen) atoms. The fourth-order valence-electron chi connectivity index (χ4n) is 3.13. The van der Waals surface area contributed by atoms with Crippen LogP contribution < -0.4 is 21.9 Å². The minimum absolute atomic E-state index is 0.0256. The first-order valence-corrected chi connectivity index (χ1v) is 9.58. The predicted octanol–water partition coefficient (Wildman–Crippen LogP) is 2.48. The van der Waals surface area contributed by atoms with Crippen molar-refractivity contribution in [1.82, 2.24) is 9.55 Å². The van der Waals surface area contributed by atoms with E-state index in [4.69, 9.17) is 10.5 Å². The van der Waals surface area contributed by atoms with Crippen molar-refractivity contribution in [2.24, 2.45) is 5.92 Å². The molecule has 0 aliphatic rings. The number of rotatable bonds is 8. The number of hydrogen-bond acceptors (Lipinski definition) is 5. The van der Waals surface area contributed by atoms with Crippen molar-refractivity contribution >= 4 is 17.4 Å². The third-order valence-electron chi connectivity index (χ3n) is 4.47. The van der Waals surface area contributed by atoms with Gasteiger partial charge in [0.1, 0.15) is 5.82 Å². The average Bonchev–Trinajstić information content (AvgIpc) is 2.68. The zero-order chi connectivity index (χ0) is 23.3. The summed E-state index contributed by atoms with van der Waals surface area (Å²) in [4.78, 5) is 41.0. The second-order valence-corrected chi connectivity index (χ2v) is 7.34. The molecule has 2 aromatic rings. The molecule has 0 unspecified atom stereocenters. The van der Waals surface area contributed by atoms with Crippen molar-refractivity contribution in [3.8, 4) is 0 Å². The smallest absolute Gasteiger partial charge is 0.385 e. The summed E-state index contributed by atoms with van der Waals surface area (Å²) in [6.45, 7) is 3.82. The highest BCUT2D eigenvalue weighted by molar-refractivity contribution is 6.08. The molecule has 0 saturated carbocycles. The number of methoxy groups -OCH3 is 1. The van der Waals surface area contributed by atoms with Crippen LogP contribution in [0.2, 0.25) is 0 Å². The number of alkyl halides is 3. The van der Waals surface area contributed by atoms with E-state index in [0.29, 0.717) is 0 Å². The van der Waals surface area contributed by atoms with Gasteiger partial charge in [0.15, 0.2) is 5.69 Å². The summed E-state index contributed by atoms with van der Waals surface area (Å²) in [7, 11) is 1.43. The molecule has 2 rings (SSSR count). The Balaban J connectivity index is 2.68. The van der Waals surface area contributed by atoms with Crippen molar-refractivity contribution < 1.29 is 22.7 Å². The van der Waals surface area contributed by atoms with E-state index in [2.05, 4.69) is 4.98 Å². The second-order valence-electron chi connectivity index (χ2n) is 7.34. The molecule has 0 bridgehead atoms. The van der Waals surface area contributed by atoms with Gasteiger partial charge in [-0.2, -0.15) is 13.2 Å². The quantitative estimate of drug-likeness (QED) is 0.611. The van der Waals surface area contributed by atoms with Gasteiger partial charge in [-0.25, -0.2) is 4.79 Å². The highest BCUT2D eigenvalue weighted by atomic mass is 19.4. The summed E-state index contributed by atoms with van der Waals surface area (Å²) >= 11 is 0. The Hall–Kier alpha value is -3.08. The lowest BCUT2D eigenvalue weighted by Gasteiger charge is -2.26. The van der Waals surface area contributed by atoms with Gasteiger partial charge in [-0.05, 0) is 24.5 Å². The Morgan fingerprint density at radius 3 is 2.48 bits per heavy atom. The number of hydrogen-bond donors (Lipinski definition) is 2. The van der Waals surface area contributed by atoms with E-state index in [0.717, 1.165) is 21.6 Å². The number of anilines is 2. The van der Waals surface area contributed by atoms with Crippen LogP contribution in [0.5, 0.6) is 0 Å². The number of nitrogens with zero attached hydrogens (tertiary/aromatic N) is 2. The molecule has 11 heteroatoms. The Labute approximate surface area is 176 Å². The fourth-order valence-corrected chi connectivity index (χ4v) is 3.13. The second kappa shape index (κ2) is 9.82. The van der Waals surface area contributed by atoms with Crippen molar-refractivity contribution in [2.45, 2.75) is 33.0 Å². The maximum absolute atomic E-state index is 13.5. The number of nitrogens with two attached hydrogens (primary N) is 1. The summed E-state index contributed by atoms with van der Waals surface area (Å²) in [5.74, 6) is -1.38. The van der Waals surface area contributed by atoms with E-state index >= 15 is 0 Å². The van der Waals surface area contributed by atoms with Crippen LogP contribution in [-0.4, -0.2) is 35.7 Å². The number of carbonyl (C=O) groups excluding carboxylic acids is 1. The van der Waals surface area contributed by atoms with Crippen molar-refractivity contribution in [2.75, 3.05) is 30.9 Å². The summed E-state index contributed by atoms with van der Waals surface area (Å²) in [6, 6.07) is 4.28.